The Bertz CT molecular complexity index is 1160. The minimum atomic E-state index is -3.84. The predicted molar refractivity (Wildman–Crippen MR) is 122 cm³/mol. The molecule has 1 aliphatic carbocycles. The molecule has 1 aliphatic heterocycles. The molecule has 2 aromatic rings. The van der Waals surface area contributed by atoms with Crippen molar-refractivity contribution in [3.8, 4) is 11.5 Å². The number of fused-ring (bicyclic) bond motifs is 1. The van der Waals surface area contributed by atoms with E-state index in [1.165, 1.54) is 12.1 Å². The summed E-state index contributed by atoms with van der Waals surface area (Å²) in [5, 5.41) is 2.72. The van der Waals surface area contributed by atoms with Crippen LogP contribution >= 0.6 is 23.2 Å². The van der Waals surface area contributed by atoms with E-state index in [-0.39, 0.29) is 45.3 Å². The number of benzene rings is 2. The molecule has 172 valence electrons. The van der Waals surface area contributed by atoms with Gasteiger partial charge >= 0.3 is 0 Å². The van der Waals surface area contributed by atoms with Crippen LogP contribution in [0, 0.1) is 0 Å². The molecule has 0 radical (unpaired) electrons. The molecule has 2 aliphatic rings. The number of carbonyl (C=O) groups excluding carboxylic acids is 1. The van der Waals surface area contributed by atoms with Gasteiger partial charge in [-0.05, 0) is 44.9 Å². The van der Waals surface area contributed by atoms with Gasteiger partial charge in [0.05, 0.1) is 22.2 Å². The van der Waals surface area contributed by atoms with Crippen LogP contribution in [0.5, 0.6) is 11.5 Å². The van der Waals surface area contributed by atoms with Gasteiger partial charge in [0.25, 0.3) is 5.91 Å². The van der Waals surface area contributed by atoms with Gasteiger partial charge in [0.1, 0.15) is 17.1 Å². The monoisotopic (exact) mass is 498 g/mol. The van der Waals surface area contributed by atoms with E-state index in [0.717, 1.165) is 30.6 Å². The van der Waals surface area contributed by atoms with Crippen LogP contribution in [0.2, 0.25) is 10.0 Å². The van der Waals surface area contributed by atoms with Gasteiger partial charge in [0.15, 0.2) is 11.5 Å². The maximum Gasteiger partial charge on any atom is 0.252 e. The molecule has 2 N–H and O–H groups in total. The lowest BCUT2D eigenvalue weighted by Gasteiger charge is -2.18. The lowest BCUT2D eigenvalue weighted by molar-refractivity contribution is 0.0946. The van der Waals surface area contributed by atoms with Crippen molar-refractivity contribution in [2.24, 2.45) is 0 Å². The Hall–Kier alpha value is -2.00. The van der Waals surface area contributed by atoms with Crippen LogP contribution in [-0.2, 0) is 16.4 Å². The lowest BCUT2D eigenvalue weighted by Crippen LogP contribution is -2.29. The van der Waals surface area contributed by atoms with Crippen molar-refractivity contribution in [2.75, 3.05) is 13.2 Å². The number of amides is 1. The summed E-state index contributed by atoms with van der Waals surface area (Å²) in [7, 11) is -3.84. The summed E-state index contributed by atoms with van der Waals surface area (Å²) in [6.07, 6.45) is 2.36. The first kappa shape index (κ1) is 23.2. The maximum atomic E-state index is 12.6. The summed E-state index contributed by atoms with van der Waals surface area (Å²) in [5.41, 5.74) is 0.823. The normalized spacial score (nSPS) is 16.9. The van der Waals surface area contributed by atoms with Gasteiger partial charge in [-0.3, -0.25) is 4.79 Å². The highest BCUT2D eigenvalue weighted by Gasteiger charge is 2.32. The van der Waals surface area contributed by atoms with E-state index in [0.29, 0.717) is 5.75 Å². The summed E-state index contributed by atoms with van der Waals surface area (Å²) in [5.74, 6) is 0.822. The molecule has 0 bridgehead atoms. The SMILES string of the molecule is CC1(C)Cc2cccc(OCCNC(=O)c3cc(S(=O)(=O)NC4CC4)c(Cl)cc3Cl)c2O1. The smallest absolute Gasteiger partial charge is 0.252 e. The van der Waals surface area contributed by atoms with Gasteiger partial charge in [-0.25, -0.2) is 13.1 Å². The quantitative estimate of drug-likeness (QED) is 0.537. The Labute approximate surface area is 197 Å². The third-order valence-electron chi connectivity index (χ3n) is 5.16. The highest BCUT2D eigenvalue weighted by molar-refractivity contribution is 7.89. The van der Waals surface area contributed by atoms with Crippen molar-refractivity contribution in [1.29, 1.82) is 0 Å². The zero-order chi connectivity index (χ0) is 23.1. The fourth-order valence-electron chi connectivity index (χ4n) is 3.51. The second-order valence-corrected chi connectivity index (χ2v) is 11.0. The van der Waals surface area contributed by atoms with Crippen molar-refractivity contribution in [2.45, 2.75) is 49.6 Å². The number of sulfonamides is 1. The molecule has 0 spiro atoms. The molecule has 10 heteroatoms. The van der Waals surface area contributed by atoms with E-state index in [1.54, 1.807) is 0 Å². The first-order valence-electron chi connectivity index (χ1n) is 10.3. The van der Waals surface area contributed by atoms with Crippen molar-refractivity contribution in [3.05, 3.63) is 51.5 Å². The molecule has 0 aromatic heterocycles. The second-order valence-electron chi connectivity index (χ2n) is 8.55. The standard InChI is InChI=1S/C22H24Cl2N2O5S/c1-22(2)12-13-4-3-5-18(20(13)31-22)30-9-8-25-21(27)15-10-19(17(24)11-16(15)23)32(28,29)26-14-6-7-14/h3-5,10-11,14,26H,6-9,12H2,1-2H3,(H,25,27). The van der Waals surface area contributed by atoms with Crippen molar-refractivity contribution >= 4 is 39.1 Å². The van der Waals surface area contributed by atoms with Crippen molar-refractivity contribution < 1.29 is 22.7 Å². The summed E-state index contributed by atoms with van der Waals surface area (Å²) >= 11 is 12.2. The van der Waals surface area contributed by atoms with Crippen LogP contribution in [-0.4, -0.2) is 39.1 Å². The van der Waals surface area contributed by atoms with Crippen LogP contribution in [0.4, 0.5) is 0 Å². The van der Waals surface area contributed by atoms with Crippen LogP contribution in [0.25, 0.3) is 0 Å². The van der Waals surface area contributed by atoms with E-state index < -0.39 is 15.9 Å². The predicted octanol–water partition coefficient (Wildman–Crippen LogP) is 3.96. The number of carbonyl (C=O) groups is 1. The zero-order valence-electron chi connectivity index (χ0n) is 17.7. The molecule has 2 aromatic carbocycles. The van der Waals surface area contributed by atoms with Crippen LogP contribution in [0.15, 0.2) is 35.2 Å². The first-order valence-corrected chi connectivity index (χ1v) is 12.5. The van der Waals surface area contributed by atoms with E-state index in [4.69, 9.17) is 32.7 Å². The van der Waals surface area contributed by atoms with Crippen LogP contribution in [0.1, 0.15) is 42.6 Å². The highest BCUT2D eigenvalue weighted by Crippen LogP contribution is 2.41. The highest BCUT2D eigenvalue weighted by atomic mass is 35.5. The molecule has 0 unspecified atom stereocenters. The molecule has 7 nitrogen and oxygen atoms in total. The minimum Gasteiger partial charge on any atom is -0.488 e. The number of hydrogen-bond acceptors (Lipinski definition) is 5. The molecule has 0 atom stereocenters. The van der Waals surface area contributed by atoms with Gasteiger partial charge in [0.2, 0.25) is 10.0 Å². The van der Waals surface area contributed by atoms with E-state index in [9.17, 15) is 13.2 Å². The second kappa shape index (κ2) is 8.74. The summed E-state index contributed by atoms with van der Waals surface area (Å²) in [6.45, 7) is 4.42. The molecule has 1 heterocycles. The number of hydrogen-bond donors (Lipinski definition) is 2. The Kier molecular flexibility index (Phi) is 6.33. The first-order chi connectivity index (χ1) is 15.1. The van der Waals surface area contributed by atoms with Gasteiger partial charge in [-0.15, -0.1) is 0 Å². The average Bonchev–Trinajstić information content (AvgIpc) is 3.43. The van der Waals surface area contributed by atoms with E-state index in [1.807, 2.05) is 32.0 Å². The Morgan fingerprint density at radius 1 is 1.22 bits per heavy atom. The zero-order valence-corrected chi connectivity index (χ0v) is 20.0. The minimum absolute atomic E-state index is 0.0259. The molecule has 1 saturated carbocycles. The molecule has 4 rings (SSSR count). The molecular weight excluding hydrogens is 475 g/mol. The number of rotatable bonds is 8. The third kappa shape index (κ3) is 5.14. The fraction of sp³-hybridized carbons (Fsp3) is 0.409. The maximum absolute atomic E-state index is 12.6. The molecule has 32 heavy (non-hydrogen) atoms. The molecule has 0 saturated heterocycles. The molecule has 1 fully saturated rings. The van der Waals surface area contributed by atoms with Crippen LogP contribution in [0.3, 0.4) is 0 Å². The summed E-state index contributed by atoms with van der Waals surface area (Å²) < 4.78 is 39.4. The third-order valence-corrected chi connectivity index (χ3v) is 7.45. The van der Waals surface area contributed by atoms with Crippen LogP contribution < -0.4 is 19.5 Å². The number of para-hydroxylation sites is 1. The Morgan fingerprint density at radius 3 is 2.69 bits per heavy atom. The lowest BCUT2D eigenvalue weighted by atomic mass is 10.0. The summed E-state index contributed by atoms with van der Waals surface area (Å²) in [6, 6.07) is 8.11. The van der Waals surface area contributed by atoms with E-state index in [2.05, 4.69) is 10.0 Å². The fourth-order valence-corrected chi connectivity index (χ4v) is 5.68. The summed E-state index contributed by atoms with van der Waals surface area (Å²) in [4.78, 5) is 12.5. The van der Waals surface area contributed by atoms with Crippen molar-refractivity contribution in [3.63, 3.8) is 0 Å². The molecule has 1 amide bonds. The van der Waals surface area contributed by atoms with Gasteiger partial charge in [0, 0.05) is 18.0 Å². The Morgan fingerprint density at radius 2 is 1.97 bits per heavy atom. The van der Waals surface area contributed by atoms with Gasteiger partial charge in [-0.1, -0.05) is 35.3 Å². The van der Waals surface area contributed by atoms with Gasteiger partial charge in [-0.2, -0.15) is 0 Å². The number of nitrogens with one attached hydrogen (secondary N) is 2. The van der Waals surface area contributed by atoms with Crippen molar-refractivity contribution in [1.82, 2.24) is 10.0 Å². The van der Waals surface area contributed by atoms with Gasteiger partial charge < -0.3 is 14.8 Å². The largest absolute Gasteiger partial charge is 0.488 e. The average molecular weight is 499 g/mol. The number of ether oxygens (including phenoxy) is 2. The molecular formula is C22H24Cl2N2O5S. The number of halogens is 2. The Balaban J connectivity index is 1.39. The topological polar surface area (TPSA) is 93.7 Å². The van der Waals surface area contributed by atoms with E-state index >= 15 is 0 Å².